The Bertz CT molecular complexity index is 1660. The maximum atomic E-state index is 13.5. The van der Waals surface area contributed by atoms with E-state index in [9.17, 15) is 27.9 Å². The van der Waals surface area contributed by atoms with Gasteiger partial charge in [-0.2, -0.15) is 4.31 Å². The van der Waals surface area contributed by atoms with Crippen molar-refractivity contribution in [3.63, 3.8) is 0 Å². The number of β-amino-alcohol motifs (C(OH)–C–C–N with tert-alkyl or cyclic N) is 1. The highest BCUT2D eigenvalue weighted by Crippen LogP contribution is 2.33. The van der Waals surface area contributed by atoms with Crippen molar-refractivity contribution >= 4 is 33.0 Å². The van der Waals surface area contributed by atoms with Crippen LogP contribution in [0.5, 0.6) is 5.75 Å². The van der Waals surface area contributed by atoms with Crippen LogP contribution in [0.1, 0.15) is 39.2 Å². The topological polar surface area (TPSA) is 195 Å². The summed E-state index contributed by atoms with van der Waals surface area (Å²) in [5.41, 5.74) is 2.33. The highest BCUT2D eigenvalue weighted by molar-refractivity contribution is 7.89. The number of aliphatic carboxylic acids is 2. The lowest BCUT2D eigenvalue weighted by Crippen LogP contribution is -2.49. The Balaban J connectivity index is 0.000000610. The Hall–Kier alpha value is -4.05. The van der Waals surface area contributed by atoms with Crippen LogP contribution >= 0.6 is 0 Å². The summed E-state index contributed by atoms with van der Waals surface area (Å²) in [6.07, 6.45) is 5.57. The van der Waals surface area contributed by atoms with Crippen LogP contribution in [0, 0.1) is 0 Å². The summed E-state index contributed by atoms with van der Waals surface area (Å²) in [5.74, 6) is -1.75. The average molecular weight is 648 g/mol. The third-order valence-electron chi connectivity index (χ3n) is 7.08. The van der Waals surface area contributed by atoms with Gasteiger partial charge in [0.2, 0.25) is 10.0 Å². The zero-order valence-electron chi connectivity index (χ0n) is 25.7. The van der Waals surface area contributed by atoms with Gasteiger partial charge in [0.05, 0.1) is 29.2 Å². The fourth-order valence-corrected chi connectivity index (χ4v) is 6.37. The largest absolute Gasteiger partial charge is 0.493 e. The first-order valence-corrected chi connectivity index (χ1v) is 16.3. The number of ether oxygens (including phenoxy) is 1. The Morgan fingerprint density at radius 2 is 1.71 bits per heavy atom. The summed E-state index contributed by atoms with van der Waals surface area (Å²) in [5, 5.41) is 24.8. The predicted molar refractivity (Wildman–Crippen MR) is 168 cm³/mol. The molecule has 0 bridgehead atoms. The van der Waals surface area contributed by atoms with Crippen molar-refractivity contribution in [3.8, 4) is 17.1 Å². The van der Waals surface area contributed by atoms with E-state index in [0.29, 0.717) is 86.2 Å². The lowest BCUT2D eigenvalue weighted by atomic mass is 10.1. The molecule has 0 aliphatic carbocycles. The molecule has 0 unspecified atom stereocenters. The van der Waals surface area contributed by atoms with Gasteiger partial charge >= 0.3 is 11.9 Å². The van der Waals surface area contributed by atoms with Crippen LogP contribution in [0.3, 0.4) is 0 Å². The molecule has 2 aromatic heterocycles. The number of carbonyl (C=O) groups is 2. The van der Waals surface area contributed by atoms with E-state index in [-0.39, 0.29) is 17.1 Å². The van der Waals surface area contributed by atoms with Gasteiger partial charge in [-0.3, -0.25) is 9.69 Å². The maximum absolute atomic E-state index is 13.5. The first-order chi connectivity index (χ1) is 21.5. The minimum atomic E-state index is -3.77. The standard InChI is InChI=1S/C26H37N5O5S.C4H4O4/c1-4-7-19-18-30(6-3)24-23(19)27-25(28-26(24)33)21-17-20(8-9-22(21)36-16-5-2)37(34,35)31-12-10-29(11-13-31)14-15-32;5-3(6)1-2-4(7)8/h8-9,17-18,32H,4-7,10-16H2,1-3H3,(H,27,28,33);1-2H,(H,5,6)(H,7,8)/b;2-1+. The fourth-order valence-electron chi connectivity index (χ4n) is 4.92. The summed E-state index contributed by atoms with van der Waals surface area (Å²) in [6, 6.07) is 4.76. The second-order valence-electron chi connectivity index (χ2n) is 10.3. The number of H-pyrrole nitrogens is 1. The number of hydrogen-bond acceptors (Lipinski definition) is 9. The zero-order chi connectivity index (χ0) is 33.1. The minimum absolute atomic E-state index is 0.0481. The molecule has 1 fully saturated rings. The van der Waals surface area contributed by atoms with E-state index in [0.717, 1.165) is 24.8 Å². The molecule has 1 aromatic carbocycles. The Kier molecular flexibility index (Phi) is 12.8. The van der Waals surface area contributed by atoms with E-state index >= 15 is 0 Å². The second-order valence-corrected chi connectivity index (χ2v) is 12.2. The maximum Gasteiger partial charge on any atom is 0.328 e. The molecule has 1 aliphatic rings. The number of aliphatic hydroxyl groups excluding tert-OH is 1. The van der Waals surface area contributed by atoms with Gasteiger partial charge < -0.3 is 29.6 Å². The van der Waals surface area contributed by atoms with Crippen LogP contribution in [0.15, 0.2) is 46.2 Å². The second kappa shape index (κ2) is 16.3. The summed E-state index contributed by atoms with van der Waals surface area (Å²) in [7, 11) is -3.77. The quantitative estimate of drug-likeness (QED) is 0.199. The van der Waals surface area contributed by atoms with E-state index < -0.39 is 22.0 Å². The number of rotatable bonds is 13. The molecule has 45 heavy (non-hydrogen) atoms. The minimum Gasteiger partial charge on any atom is -0.493 e. The number of aromatic amines is 1. The molecule has 0 radical (unpaired) electrons. The monoisotopic (exact) mass is 647 g/mol. The summed E-state index contributed by atoms with van der Waals surface area (Å²) in [4.78, 5) is 42.2. The van der Waals surface area contributed by atoms with E-state index in [1.54, 1.807) is 18.2 Å². The molecule has 15 heteroatoms. The number of sulfonamides is 1. The number of aliphatic hydroxyl groups is 1. The third-order valence-corrected chi connectivity index (χ3v) is 8.97. The van der Waals surface area contributed by atoms with Crippen LogP contribution < -0.4 is 10.3 Å². The van der Waals surface area contributed by atoms with Gasteiger partial charge in [-0.05, 0) is 43.5 Å². The summed E-state index contributed by atoms with van der Waals surface area (Å²) in [6.45, 7) is 9.54. The highest BCUT2D eigenvalue weighted by atomic mass is 32.2. The number of hydrogen-bond donors (Lipinski definition) is 4. The van der Waals surface area contributed by atoms with Gasteiger partial charge in [0.1, 0.15) is 17.1 Å². The van der Waals surface area contributed by atoms with Gasteiger partial charge in [0.25, 0.3) is 5.56 Å². The van der Waals surface area contributed by atoms with Crippen molar-refractivity contribution in [1.82, 2.24) is 23.7 Å². The van der Waals surface area contributed by atoms with Crippen molar-refractivity contribution < 1.29 is 38.1 Å². The van der Waals surface area contributed by atoms with E-state index in [1.165, 1.54) is 4.31 Å². The molecule has 4 rings (SSSR count). The molecule has 3 heterocycles. The molecular formula is C30H41N5O9S. The van der Waals surface area contributed by atoms with Crippen LogP contribution in [-0.2, 0) is 32.6 Å². The smallest absolute Gasteiger partial charge is 0.328 e. The number of piperazine rings is 1. The molecule has 0 spiro atoms. The number of carboxylic acid groups (broad SMARTS) is 2. The number of benzene rings is 1. The van der Waals surface area contributed by atoms with Crippen molar-refractivity contribution in [1.29, 1.82) is 0 Å². The molecule has 246 valence electrons. The van der Waals surface area contributed by atoms with Gasteiger partial charge in [-0.25, -0.2) is 23.0 Å². The molecule has 1 aliphatic heterocycles. The van der Waals surface area contributed by atoms with Crippen LogP contribution in [-0.4, -0.2) is 105 Å². The number of aromatic nitrogens is 3. The lowest BCUT2D eigenvalue weighted by molar-refractivity contribution is -0.134. The van der Waals surface area contributed by atoms with Crippen molar-refractivity contribution in [3.05, 3.63) is 52.5 Å². The number of fused-ring (bicyclic) bond motifs is 1. The molecular weight excluding hydrogens is 606 g/mol. The molecule has 14 nitrogen and oxygen atoms in total. The van der Waals surface area contributed by atoms with E-state index in [2.05, 4.69) is 11.9 Å². The van der Waals surface area contributed by atoms with Gasteiger partial charge in [0.15, 0.2) is 0 Å². The summed E-state index contributed by atoms with van der Waals surface area (Å²) < 4.78 is 36.4. The van der Waals surface area contributed by atoms with Crippen molar-refractivity contribution in [2.24, 2.45) is 0 Å². The third kappa shape index (κ3) is 9.00. The van der Waals surface area contributed by atoms with E-state index in [1.807, 2.05) is 29.5 Å². The average Bonchev–Trinajstić information content (AvgIpc) is 3.37. The molecule has 3 aromatic rings. The SMILES string of the molecule is CCCOc1ccc(S(=O)(=O)N2CCN(CCO)CC2)cc1-c1nc2c(CCC)cn(CC)c2c(=O)[nH]1.O=C(O)/C=C/C(=O)O. The number of carboxylic acids is 2. The highest BCUT2D eigenvalue weighted by Gasteiger charge is 2.29. The summed E-state index contributed by atoms with van der Waals surface area (Å²) >= 11 is 0. The van der Waals surface area contributed by atoms with Crippen molar-refractivity contribution in [2.45, 2.75) is 51.5 Å². The molecule has 0 saturated carbocycles. The Morgan fingerprint density at radius 3 is 2.27 bits per heavy atom. The van der Waals surface area contributed by atoms with Gasteiger partial charge in [-0.15, -0.1) is 0 Å². The molecule has 0 amide bonds. The first kappa shape index (κ1) is 35.4. The Morgan fingerprint density at radius 1 is 1.04 bits per heavy atom. The van der Waals surface area contributed by atoms with Crippen LogP contribution in [0.4, 0.5) is 0 Å². The molecule has 1 saturated heterocycles. The molecule has 4 N–H and O–H groups in total. The fraction of sp³-hybridized carbons (Fsp3) is 0.467. The zero-order valence-corrected chi connectivity index (χ0v) is 26.5. The molecule has 0 atom stereocenters. The Labute approximate surface area is 261 Å². The van der Waals surface area contributed by atoms with E-state index in [4.69, 9.17) is 19.9 Å². The predicted octanol–water partition coefficient (Wildman–Crippen LogP) is 2.16. The van der Waals surface area contributed by atoms with Crippen LogP contribution in [0.25, 0.3) is 22.4 Å². The number of nitrogens with one attached hydrogen (secondary N) is 1. The number of aryl methyl sites for hydroxylation is 2. The van der Waals surface area contributed by atoms with Crippen molar-refractivity contribution in [2.75, 3.05) is 45.9 Å². The normalized spacial score (nSPS) is 14.4. The van der Waals surface area contributed by atoms with Gasteiger partial charge in [0, 0.05) is 57.6 Å². The van der Waals surface area contributed by atoms with Gasteiger partial charge in [-0.1, -0.05) is 20.3 Å². The first-order valence-electron chi connectivity index (χ1n) is 14.8. The van der Waals surface area contributed by atoms with Crippen LogP contribution in [0.2, 0.25) is 0 Å². The lowest BCUT2D eigenvalue weighted by Gasteiger charge is -2.33. The number of nitrogens with zero attached hydrogens (tertiary/aromatic N) is 4.